The Labute approximate surface area is 184 Å². The second kappa shape index (κ2) is 11.5. The van der Waals surface area contributed by atoms with E-state index >= 15 is 0 Å². The molecule has 0 aliphatic carbocycles. The van der Waals surface area contributed by atoms with Crippen molar-refractivity contribution in [1.29, 1.82) is 0 Å². The summed E-state index contributed by atoms with van der Waals surface area (Å²) in [5.41, 5.74) is -0.446. The molecule has 174 valence electrons. The van der Waals surface area contributed by atoms with Gasteiger partial charge in [0, 0.05) is 25.6 Å². The van der Waals surface area contributed by atoms with E-state index in [1.807, 2.05) is 20.8 Å². The highest BCUT2D eigenvalue weighted by molar-refractivity contribution is 5.96. The van der Waals surface area contributed by atoms with Gasteiger partial charge in [-0.15, -0.1) is 0 Å². The van der Waals surface area contributed by atoms with Crippen molar-refractivity contribution in [2.45, 2.75) is 77.9 Å². The van der Waals surface area contributed by atoms with Crippen LogP contribution in [0.5, 0.6) is 5.75 Å². The third-order valence-electron chi connectivity index (χ3n) is 5.32. The summed E-state index contributed by atoms with van der Waals surface area (Å²) in [5.74, 6) is 0.0301. The van der Waals surface area contributed by atoms with Crippen LogP contribution in [-0.4, -0.2) is 53.3 Å². The molecule has 7 heteroatoms. The first-order chi connectivity index (χ1) is 14.5. The molecular formula is C24H36FNO5. The van der Waals surface area contributed by atoms with Crippen LogP contribution in [0.1, 0.15) is 76.6 Å². The minimum Gasteiger partial charge on any atom is -0.493 e. The summed E-state index contributed by atoms with van der Waals surface area (Å²) < 4.78 is 25.3. The number of ether oxygens (including phenoxy) is 2. The molecule has 31 heavy (non-hydrogen) atoms. The number of Topliss-reactive ketones (excluding diaryl/α,β-unsaturated/α-hetero) is 1. The average Bonchev–Trinajstić information content (AvgIpc) is 2.68. The van der Waals surface area contributed by atoms with E-state index < -0.39 is 17.5 Å². The third kappa shape index (κ3) is 8.85. The van der Waals surface area contributed by atoms with Gasteiger partial charge in [0.2, 0.25) is 0 Å². The molecule has 1 heterocycles. The number of carbonyl (C=O) groups excluding carboxylic acids is 2. The van der Waals surface area contributed by atoms with E-state index in [0.717, 1.165) is 25.7 Å². The number of ketones is 1. The number of hydrogen-bond acceptors (Lipinski definition) is 5. The van der Waals surface area contributed by atoms with Gasteiger partial charge in [0.1, 0.15) is 17.2 Å². The third-order valence-corrected chi connectivity index (χ3v) is 5.32. The Kier molecular flexibility index (Phi) is 9.29. The predicted molar refractivity (Wildman–Crippen MR) is 117 cm³/mol. The number of nitrogens with zero attached hydrogens (tertiary/aromatic N) is 1. The summed E-state index contributed by atoms with van der Waals surface area (Å²) in [6.45, 7) is 9.09. The number of carbonyl (C=O) groups is 2. The molecule has 1 aliphatic heterocycles. The van der Waals surface area contributed by atoms with Crippen LogP contribution >= 0.6 is 0 Å². The summed E-state index contributed by atoms with van der Waals surface area (Å²) in [6.07, 6.45) is 3.31. The molecule has 1 atom stereocenters. The Balaban J connectivity index is 1.68. The predicted octanol–water partition coefficient (Wildman–Crippen LogP) is 4.98. The van der Waals surface area contributed by atoms with E-state index in [1.54, 1.807) is 17.9 Å². The van der Waals surface area contributed by atoms with Gasteiger partial charge >= 0.3 is 6.09 Å². The lowest BCUT2D eigenvalue weighted by molar-refractivity contribution is 0.0179. The fraction of sp³-hybridized carbons (Fsp3) is 0.667. The van der Waals surface area contributed by atoms with E-state index in [2.05, 4.69) is 0 Å². The fourth-order valence-electron chi connectivity index (χ4n) is 3.58. The van der Waals surface area contributed by atoms with Crippen molar-refractivity contribution >= 4 is 11.9 Å². The molecule has 1 N–H and O–H groups in total. The lowest BCUT2D eigenvalue weighted by Crippen LogP contribution is -2.41. The molecule has 0 bridgehead atoms. The van der Waals surface area contributed by atoms with Gasteiger partial charge in [0.05, 0.1) is 18.3 Å². The molecule has 0 saturated carbocycles. The highest BCUT2D eigenvalue weighted by Crippen LogP contribution is 2.24. The minimum atomic E-state index is -0.595. The first-order valence-corrected chi connectivity index (χ1v) is 11.2. The maximum absolute atomic E-state index is 14.2. The second-order valence-electron chi connectivity index (χ2n) is 9.35. The quantitative estimate of drug-likeness (QED) is 0.436. The number of piperidine rings is 1. The van der Waals surface area contributed by atoms with E-state index in [0.29, 0.717) is 37.8 Å². The zero-order valence-electron chi connectivity index (χ0n) is 19.2. The van der Waals surface area contributed by atoms with Crippen molar-refractivity contribution in [1.82, 2.24) is 4.90 Å². The van der Waals surface area contributed by atoms with Crippen LogP contribution in [0.25, 0.3) is 0 Å². The Bertz CT molecular complexity index is 736. The van der Waals surface area contributed by atoms with Crippen LogP contribution in [0, 0.1) is 11.7 Å². The van der Waals surface area contributed by atoms with Crippen molar-refractivity contribution in [2.75, 3.05) is 19.7 Å². The average molecular weight is 438 g/mol. The molecule has 2 rings (SSSR count). The highest BCUT2D eigenvalue weighted by Gasteiger charge is 2.26. The van der Waals surface area contributed by atoms with Crippen LogP contribution in [0.3, 0.4) is 0 Å². The van der Waals surface area contributed by atoms with Gasteiger partial charge in [0.15, 0.2) is 5.78 Å². The normalized spacial score (nSPS) is 16.1. The van der Waals surface area contributed by atoms with Gasteiger partial charge in [-0.2, -0.15) is 0 Å². The van der Waals surface area contributed by atoms with E-state index in [1.165, 1.54) is 12.1 Å². The zero-order valence-corrected chi connectivity index (χ0v) is 19.2. The summed E-state index contributed by atoms with van der Waals surface area (Å²) in [4.78, 5) is 25.9. The van der Waals surface area contributed by atoms with Crippen LogP contribution in [-0.2, 0) is 4.74 Å². The maximum atomic E-state index is 14.2. The van der Waals surface area contributed by atoms with Gasteiger partial charge in [-0.25, -0.2) is 9.18 Å². The molecule has 1 fully saturated rings. The second-order valence-corrected chi connectivity index (χ2v) is 9.35. The largest absolute Gasteiger partial charge is 0.493 e. The van der Waals surface area contributed by atoms with E-state index in [4.69, 9.17) is 9.47 Å². The van der Waals surface area contributed by atoms with Gasteiger partial charge in [-0.05, 0) is 77.8 Å². The Morgan fingerprint density at radius 3 is 2.52 bits per heavy atom. The number of aliphatic hydroxyl groups excluding tert-OH is 1. The Morgan fingerprint density at radius 2 is 1.94 bits per heavy atom. The standard InChI is InChI=1S/C24H36FNO5/c1-17(27)7-10-22(28)20-9-8-19(16-21(20)25)30-15-5-6-18-11-13-26(14-12-18)23(29)31-24(2,3)4/h8-9,16-18,27H,5-7,10-15H2,1-4H3. The number of amides is 1. The number of benzene rings is 1. The number of hydrogen-bond donors (Lipinski definition) is 1. The van der Waals surface area contributed by atoms with Crippen molar-refractivity contribution < 1.29 is 28.6 Å². The van der Waals surface area contributed by atoms with Crippen molar-refractivity contribution in [3.05, 3.63) is 29.6 Å². The van der Waals surface area contributed by atoms with Gasteiger partial charge < -0.3 is 19.5 Å². The molecule has 1 aromatic carbocycles. The minimum absolute atomic E-state index is 0.0322. The number of halogens is 1. The summed E-state index contributed by atoms with van der Waals surface area (Å²) in [7, 11) is 0. The Morgan fingerprint density at radius 1 is 1.26 bits per heavy atom. The molecule has 1 saturated heterocycles. The summed E-state index contributed by atoms with van der Waals surface area (Å²) in [5, 5.41) is 9.27. The molecule has 1 aliphatic rings. The van der Waals surface area contributed by atoms with Crippen molar-refractivity contribution in [3.8, 4) is 5.75 Å². The molecule has 0 aromatic heterocycles. The van der Waals surface area contributed by atoms with Gasteiger partial charge in [-0.1, -0.05) is 0 Å². The van der Waals surface area contributed by atoms with Crippen molar-refractivity contribution in [3.63, 3.8) is 0 Å². The number of likely N-dealkylation sites (tertiary alicyclic amines) is 1. The smallest absolute Gasteiger partial charge is 0.410 e. The molecule has 1 amide bonds. The zero-order chi connectivity index (χ0) is 23.0. The molecule has 0 radical (unpaired) electrons. The highest BCUT2D eigenvalue weighted by atomic mass is 19.1. The van der Waals surface area contributed by atoms with E-state index in [-0.39, 0.29) is 23.9 Å². The monoisotopic (exact) mass is 437 g/mol. The fourth-order valence-corrected chi connectivity index (χ4v) is 3.58. The lowest BCUT2D eigenvalue weighted by Gasteiger charge is -2.33. The molecule has 1 aromatic rings. The number of rotatable bonds is 9. The van der Waals surface area contributed by atoms with Crippen LogP contribution in [0.4, 0.5) is 9.18 Å². The SMILES string of the molecule is CC(O)CCC(=O)c1ccc(OCCCC2CCN(C(=O)OC(C)(C)C)CC2)cc1F. The molecule has 6 nitrogen and oxygen atoms in total. The summed E-state index contributed by atoms with van der Waals surface area (Å²) >= 11 is 0. The topological polar surface area (TPSA) is 76.1 Å². The Hall–Kier alpha value is -2.15. The van der Waals surface area contributed by atoms with E-state index in [9.17, 15) is 19.1 Å². The van der Waals surface area contributed by atoms with Crippen LogP contribution in [0.2, 0.25) is 0 Å². The summed E-state index contributed by atoms with van der Waals surface area (Å²) in [6, 6.07) is 4.30. The molecule has 1 unspecified atom stereocenters. The van der Waals surface area contributed by atoms with Crippen LogP contribution in [0.15, 0.2) is 18.2 Å². The van der Waals surface area contributed by atoms with Gasteiger partial charge in [0.25, 0.3) is 0 Å². The van der Waals surface area contributed by atoms with Gasteiger partial charge in [-0.3, -0.25) is 4.79 Å². The van der Waals surface area contributed by atoms with Crippen molar-refractivity contribution in [2.24, 2.45) is 5.92 Å². The first-order valence-electron chi connectivity index (χ1n) is 11.2. The molecule has 0 spiro atoms. The molecular weight excluding hydrogens is 401 g/mol. The first kappa shape index (κ1) is 25.1. The lowest BCUT2D eigenvalue weighted by atomic mass is 9.92. The number of aliphatic hydroxyl groups is 1. The van der Waals surface area contributed by atoms with Crippen LogP contribution < -0.4 is 4.74 Å². The maximum Gasteiger partial charge on any atom is 0.410 e.